The zero-order valence-electron chi connectivity index (χ0n) is 17.1. The number of nitrogens with zero attached hydrogens (tertiary/aromatic N) is 6. The van der Waals surface area contributed by atoms with Gasteiger partial charge >= 0.3 is 0 Å². The molecule has 0 unspecified atom stereocenters. The summed E-state index contributed by atoms with van der Waals surface area (Å²) in [7, 11) is 0. The van der Waals surface area contributed by atoms with Crippen molar-refractivity contribution < 1.29 is 9.18 Å². The molecule has 0 radical (unpaired) electrons. The average Bonchev–Trinajstić information content (AvgIpc) is 3.46. The Morgan fingerprint density at radius 1 is 1.19 bits per heavy atom. The van der Waals surface area contributed by atoms with E-state index in [0.29, 0.717) is 26.1 Å². The van der Waals surface area contributed by atoms with Gasteiger partial charge in [0, 0.05) is 55.5 Å². The lowest BCUT2D eigenvalue weighted by atomic mass is 9.99. The van der Waals surface area contributed by atoms with Crippen molar-refractivity contribution in [3.05, 3.63) is 72.3 Å². The van der Waals surface area contributed by atoms with E-state index in [0.717, 1.165) is 27.9 Å². The maximum atomic E-state index is 13.1. The Kier molecular flexibility index (Phi) is 5.59. The van der Waals surface area contributed by atoms with E-state index >= 15 is 0 Å². The highest BCUT2D eigenvalue weighted by Gasteiger charge is 2.33. The summed E-state index contributed by atoms with van der Waals surface area (Å²) in [5.74, 6) is 1.25. The Morgan fingerprint density at radius 3 is 2.78 bits per heavy atom. The molecule has 1 saturated heterocycles. The number of aromatic nitrogens is 5. The topological polar surface area (TPSA) is 88.8 Å². The molecule has 1 aliphatic rings. The zero-order chi connectivity index (χ0) is 21.9. The van der Waals surface area contributed by atoms with Gasteiger partial charge in [-0.1, -0.05) is 0 Å². The maximum Gasteiger partial charge on any atom is 0.226 e. The monoisotopic (exact) mass is 449 g/mol. The number of hydrogen-bond donors (Lipinski definition) is 1. The van der Waals surface area contributed by atoms with Crippen molar-refractivity contribution in [1.82, 2.24) is 29.8 Å². The van der Waals surface area contributed by atoms with Crippen molar-refractivity contribution in [2.24, 2.45) is 5.92 Å². The van der Waals surface area contributed by atoms with Crippen LogP contribution in [0.4, 0.5) is 10.2 Å². The molecule has 1 amide bonds. The van der Waals surface area contributed by atoms with Gasteiger partial charge in [0.15, 0.2) is 0 Å². The van der Waals surface area contributed by atoms with E-state index < -0.39 is 0 Å². The van der Waals surface area contributed by atoms with Gasteiger partial charge in [0.2, 0.25) is 5.91 Å². The smallest absolute Gasteiger partial charge is 0.226 e. The van der Waals surface area contributed by atoms with Crippen molar-refractivity contribution in [2.75, 3.05) is 24.5 Å². The standard InChI is InChI=1S/C22H20FN7OS/c23-17-3-1-15(2-4-17)22-28-18(12-32-22)5-6-25-21(31)16-10-30(11-16)20-9-19(26-13-27-20)29-8-7-24-14-29/h1-4,7-9,12-14,16H,5-6,10-11H2,(H,25,31). The molecule has 4 heterocycles. The summed E-state index contributed by atoms with van der Waals surface area (Å²) < 4.78 is 14.9. The molecule has 5 rings (SSSR count). The highest BCUT2D eigenvalue weighted by atomic mass is 32.1. The van der Waals surface area contributed by atoms with Crippen molar-refractivity contribution in [3.63, 3.8) is 0 Å². The Bertz CT molecular complexity index is 1200. The maximum absolute atomic E-state index is 13.1. The van der Waals surface area contributed by atoms with Gasteiger partial charge < -0.3 is 10.2 Å². The number of imidazole rings is 1. The minimum atomic E-state index is -0.263. The molecule has 162 valence electrons. The van der Waals surface area contributed by atoms with Crippen molar-refractivity contribution in [1.29, 1.82) is 0 Å². The second-order valence-electron chi connectivity index (χ2n) is 7.50. The first-order chi connectivity index (χ1) is 15.7. The zero-order valence-corrected chi connectivity index (χ0v) is 17.9. The van der Waals surface area contributed by atoms with Gasteiger partial charge in [0.05, 0.1) is 11.6 Å². The molecule has 0 aliphatic carbocycles. The number of anilines is 1. The van der Waals surface area contributed by atoms with E-state index in [9.17, 15) is 9.18 Å². The Balaban J connectivity index is 1.09. The van der Waals surface area contributed by atoms with Crippen LogP contribution in [0.2, 0.25) is 0 Å². The number of amides is 1. The van der Waals surface area contributed by atoms with E-state index in [-0.39, 0.29) is 17.6 Å². The highest BCUT2D eigenvalue weighted by molar-refractivity contribution is 7.13. The second kappa shape index (κ2) is 8.83. The number of halogens is 1. The van der Waals surface area contributed by atoms with Crippen LogP contribution in [0.1, 0.15) is 5.69 Å². The van der Waals surface area contributed by atoms with Crippen molar-refractivity contribution in [2.45, 2.75) is 6.42 Å². The molecule has 4 aromatic rings. The Morgan fingerprint density at radius 2 is 2.00 bits per heavy atom. The highest BCUT2D eigenvalue weighted by Crippen LogP contribution is 2.25. The van der Waals surface area contributed by atoms with E-state index in [1.54, 1.807) is 24.7 Å². The van der Waals surface area contributed by atoms with Crippen LogP contribution in [0.5, 0.6) is 0 Å². The van der Waals surface area contributed by atoms with Crippen LogP contribution in [0.15, 0.2) is 60.8 Å². The molecule has 0 saturated carbocycles. The fourth-order valence-corrected chi connectivity index (χ4v) is 4.34. The number of carbonyl (C=O) groups excluding carboxylic acids is 1. The van der Waals surface area contributed by atoms with Crippen LogP contribution in [-0.4, -0.2) is 50.0 Å². The fourth-order valence-electron chi connectivity index (χ4n) is 3.48. The quantitative estimate of drug-likeness (QED) is 0.467. The molecular formula is C22H20FN7OS. The lowest BCUT2D eigenvalue weighted by Crippen LogP contribution is -2.54. The second-order valence-corrected chi connectivity index (χ2v) is 8.36. The lowest BCUT2D eigenvalue weighted by molar-refractivity contribution is -0.125. The van der Waals surface area contributed by atoms with Gasteiger partial charge in [-0.3, -0.25) is 9.36 Å². The van der Waals surface area contributed by atoms with Gasteiger partial charge in [-0.05, 0) is 24.3 Å². The first-order valence-corrected chi connectivity index (χ1v) is 11.1. The summed E-state index contributed by atoms with van der Waals surface area (Å²) in [6.45, 7) is 1.77. The molecule has 1 aromatic carbocycles. The predicted molar refractivity (Wildman–Crippen MR) is 119 cm³/mol. The van der Waals surface area contributed by atoms with Gasteiger partial charge in [-0.2, -0.15) is 0 Å². The van der Waals surface area contributed by atoms with E-state index in [4.69, 9.17) is 0 Å². The molecule has 0 atom stereocenters. The molecule has 1 aliphatic heterocycles. The van der Waals surface area contributed by atoms with Crippen LogP contribution in [-0.2, 0) is 11.2 Å². The van der Waals surface area contributed by atoms with E-state index in [2.05, 4.69) is 30.2 Å². The van der Waals surface area contributed by atoms with Crippen molar-refractivity contribution >= 4 is 23.1 Å². The van der Waals surface area contributed by atoms with Gasteiger partial charge in [0.25, 0.3) is 0 Å². The third kappa shape index (κ3) is 4.35. The number of thiazole rings is 1. The Labute approximate surface area is 187 Å². The van der Waals surface area contributed by atoms with Gasteiger partial charge in [-0.25, -0.2) is 24.3 Å². The molecule has 1 N–H and O–H groups in total. The summed E-state index contributed by atoms with van der Waals surface area (Å²) in [5.41, 5.74) is 1.81. The first kappa shape index (κ1) is 20.3. The first-order valence-electron chi connectivity index (χ1n) is 10.2. The molecule has 10 heteroatoms. The normalized spacial score (nSPS) is 13.7. The van der Waals surface area contributed by atoms with Crippen LogP contribution in [0.3, 0.4) is 0 Å². The van der Waals surface area contributed by atoms with Gasteiger partial charge in [-0.15, -0.1) is 11.3 Å². The molecule has 0 bridgehead atoms. The number of rotatable bonds is 7. The summed E-state index contributed by atoms with van der Waals surface area (Å²) in [5, 5.41) is 5.82. The summed E-state index contributed by atoms with van der Waals surface area (Å²) in [6, 6.07) is 8.18. The van der Waals surface area contributed by atoms with Crippen LogP contribution >= 0.6 is 11.3 Å². The number of carbonyl (C=O) groups is 1. The predicted octanol–water partition coefficient (Wildman–Crippen LogP) is 2.72. The lowest BCUT2D eigenvalue weighted by Gasteiger charge is -2.39. The number of hydrogen-bond acceptors (Lipinski definition) is 7. The Hall–Kier alpha value is -3.66. The van der Waals surface area contributed by atoms with Crippen LogP contribution in [0, 0.1) is 11.7 Å². The average molecular weight is 450 g/mol. The van der Waals surface area contributed by atoms with Crippen LogP contribution in [0.25, 0.3) is 16.4 Å². The fraction of sp³-hybridized carbons (Fsp3) is 0.227. The van der Waals surface area contributed by atoms with E-state index in [1.807, 2.05) is 22.2 Å². The summed E-state index contributed by atoms with van der Waals surface area (Å²) in [6.07, 6.45) is 7.38. The molecular weight excluding hydrogens is 429 g/mol. The van der Waals surface area contributed by atoms with E-state index in [1.165, 1.54) is 29.8 Å². The molecule has 8 nitrogen and oxygen atoms in total. The molecule has 3 aromatic heterocycles. The number of nitrogens with one attached hydrogen (secondary N) is 1. The summed E-state index contributed by atoms with van der Waals surface area (Å²) in [4.78, 5) is 31.7. The third-order valence-corrected chi connectivity index (χ3v) is 6.25. The third-order valence-electron chi connectivity index (χ3n) is 5.31. The van der Waals surface area contributed by atoms with Crippen LogP contribution < -0.4 is 10.2 Å². The minimum Gasteiger partial charge on any atom is -0.355 e. The molecule has 32 heavy (non-hydrogen) atoms. The SMILES string of the molecule is O=C(NCCc1csc(-c2ccc(F)cc2)n1)C1CN(c2cc(-n3ccnc3)ncn2)C1. The van der Waals surface area contributed by atoms with Crippen molar-refractivity contribution in [3.8, 4) is 16.4 Å². The van der Waals surface area contributed by atoms with Gasteiger partial charge in [0.1, 0.15) is 35.1 Å². The number of benzene rings is 1. The minimum absolute atomic E-state index is 0.0409. The molecule has 0 spiro atoms. The summed E-state index contributed by atoms with van der Waals surface area (Å²) >= 11 is 1.52. The molecule has 1 fully saturated rings. The largest absolute Gasteiger partial charge is 0.355 e.